The lowest BCUT2D eigenvalue weighted by molar-refractivity contribution is 0.670. The van der Waals surface area contributed by atoms with Gasteiger partial charge in [-0.15, -0.1) is 0 Å². The van der Waals surface area contributed by atoms with E-state index in [1.165, 1.54) is 32.3 Å². The summed E-state index contributed by atoms with van der Waals surface area (Å²) in [5.74, 6) is 1.90. The number of hydrogen-bond donors (Lipinski definition) is 0. The Morgan fingerprint density at radius 2 is 0.709 bits per heavy atom. The van der Waals surface area contributed by atoms with Crippen LogP contribution in [0.1, 0.15) is 0 Å². The summed E-state index contributed by atoms with van der Waals surface area (Å²) in [4.78, 5) is 14.8. The molecule has 0 aliphatic heterocycles. The molecule has 0 unspecified atom stereocenters. The number of furan rings is 1. The second-order valence-electron chi connectivity index (χ2n) is 13.9. The molecule has 0 radical (unpaired) electrons. The van der Waals surface area contributed by atoms with Crippen molar-refractivity contribution in [3.63, 3.8) is 0 Å². The molecule has 2 aromatic heterocycles. The standard InChI is InChI=1S/C51H31N3O/c1-3-13-33(14-4-1)49-52-50(34-15-5-2-6-16-34)54-51(53-49)35-25-23-32(24-26-35)47-37(29-30-44-43-21-11-12-22-46(43)55-48(44)47)36-27-28-42-40-19-8-7-17-38(40)39-18-9-10-20-41(39)45(42)31-36/h1-31H. The van der Waals surface area contributed by atoms with E-state index >= 15 is 0 Å². The van der Waals surface area contributed by atoms with Crippen molar-refractivity contribution in [1.82, 2.24) is 15.0 Å². The van der Waals surface area contributed by atoms with Crippen LogP contribution in [0.3, 0.4) is 0 Å². The van der Waals surface area contributed by atoms with E-state index in [9.17, 15) is 0 Å². The van der Waals surface area contributed by atoms with E-state index in [2.05, 4.69) is 115 Å². The molecule has 0 saturated carbocycles. The molecule has 0 saturated heterocycles. The van der Waals surface area contributed by atoms with Gasteiger partial charge in [0.1, 0.15) is 11.2 Å². The van der Waals surface area contributed by atoms with Crippen LogP contribution in [0, 0.1) is 0 Å². The zero-order valence-corrected chi connectivity index (χ0v) is 29.6. The van der Waals surface area contributed by atoms with Gasteiger partial charge < -0.3 is 4.42 Å². The van der Waals surface area contributed by atoms with Crippen molar-refractivity contribution >= 4 is 54.3 Å². The zero-order valence-electron chi connectivity index (χ0n) is 29.6. The topological polar surface area (TPSA) is 51.8 Å². The monoisotopic (exact) mass is 701 g/mol. The summed E-state index contributed by atoms with van der Waals surface area (Å²) < 4.78 is 6.73. The maximum atomic E-state index is 6.73. The fraction of sp³-hybridized carbons (Fsp3) is 0. The zero-order chi connectivity index (χ0) is 36.3. The number of rotatable bonds is 5. The van der Waals surface area contributed by atoms with E-state index in [0.29, 0.717) is 17.5 Å². The van der Waals surface area contributed by atoms with Crippen molar-refractivity contribution in [2.45, 2.75) is 0 Å². The molecule has 11 rings (SSSR count). The molecule has 11 aromatic rings. The molecule has 2 heterocycles. The van der Waals surface area contributed by atoms with E-state index in [0.717, 1.165) is 60.9 Å². The summed E-state index contributed by atoms with van der Waals surface area (Å²) >= 11 is 0. The molecule has 0 aliphatic rings. The van der Waals surface area contributed by atoms with Crippen LogP contribution < -0.4 is 0 Å². The van der Waals surface area contributed by atoms with E-state index in [1.54, 1.807) is 0 Å². The minimum absolute atomic E-state index is 0.620. The first-order valence-electron chi connectivity index (χ1n) is 18.5. The summed E-state index contributed by atoms with van der Waals surface area (Å²) in [6.45, 7) is 0. The quantitative estimate of drug-likeness (QED) is 0.168. The average Bonchev–Trinajstić information content (AvgIpc) is 3.65. The van der Waals surface area contributed by atoms with Crippen LogP contribution in [0.5, 0.6) is 0 Å². The highest BCUT2D eigenvalue weighted by molar-refractivity contribution is 6.26. The van der Waals surface area contributed by atoms with Gasteiger partial charge in [0.2, 0.25) is 0 Å². The minimum atomic E-state index is 0.620. The first-order valence-corrected chi connectivity index (χ1v) is 18.5. The van der Waals surface area contributed by atoms with Gasteiger partial charge in [-0.25, -0.2) is 15.0 Å². The molecule has 0 fully saturated rings. The minimum Gasteiger partial charge on any atom is -0.455 e. The van der Waals surface area contributed by atoms with Gasteiger partial charge in [-0.05, 0) is 67.2 Å². The van der Waals surface area contributed by atoms with Crippen molar-refractivity contribution in [3.05, 3.63) is 188 Å². The summed E-state index contributed by atoms with van der Waals surface area (Å²) in [5, 5.41) is 9.71. The highest BCUT2D eigenvalue weighted by atomic mass is 16.3. The summed E-state index contributed by atoms with van der Waals surface area (Å²) in [6, 6.07) is 65.8. The second-order valence-corrected chi connectivity index (χ2v) is 13.9. The summed E-state index contributed by atoms with van der Waals surface area (Å²) in [6.07, 6.45) is 0. The fourth-order valence-electron chi connectivity index (χ4n) is 8.11. The van der Waals surface area contributed by atoms with Gasteiger partial charge in [0, 0.05) is 33.0 Å². The van der Waals surface area contributed by atoms with Gasteiger partial charge in [0.05, 0.1) is 0 Å². The first-order chi connectivity index (χ1) is 27.3. The lowest BCUT2D eigenvalue weighted by Crippen LogP contribution is -2.00. The Morgan fingerprint density at radius 3 is 1.29 bits per heavy atom. The first kappa shape index (κ1) is 31.1. The van der Waals surface area contributed by atoms with Crippen LogP contribution in [0.15, 0.2) is 192 Å². The summed E-state index contributed by atoms with van der Waals surface area (Å²) in [5.41, 5.74) is 8.87. The van der Waals surface area contributed by atoms with E-state index < -0.39 is 0 Å². The van der Waals surface area contributed by atoms with Crippen LogP contribution in [-0.2, 0) is 0 Å². The van der Waals surface area contributed by atoms with E-state index in [1.807, 2.05) is 72.8 Å². The molecule has 0 spiro atoms. The number of fused-ring (bicyclic) bond motifs is 9. The Balaban J connectivity index is 1.11. The molecule has 4 heteroatoms. The Morgan fingerprint density at radius 1 is 0.291 bits per heavy atom. The van der Waals surface area contributed by atoms with Crippen molar-refractivity contribution in [2.75, 3.05) is 0 Å². The highest BCUT2D eigenvalue weighted by Gasteiger charge is 2.20. The fourth-order valence-corrected chi connectivity index (χ4v) is 8.11. The molecule has 4 nitrogen and oxygen atoms in total. The molecule has 0 bridgehead atoms. The Labute approximate surface area is 317 Å². The molecule has 0 aliphatic carbocycles. The third-order valence-corrected chi connectivity index (χ3v) is 10.7. The molecule has 256 valence electrons. The van der Waals surface area contributed by atoms with Crippen molar-refractivity contribution in [1.29, 1.82) is 0 Å². The van der Waals surface area contributed by atoms with Crippen molar-refractivity contribution in [2.24, 2.45) is 0 Å². The Kier molecular flexibility index (Phi) is 7.14. The lowest BCUT2D eigenvalue weighted by Gasteiger charge is -2.15. The molecule has 0 atom stereocenters. The molecular weight excluding hydrogens is 671 g/mol. The highest BCUT2D eigenvalue weighted by Crippen LogP contribution is 2.44. The van der Waals surface area contributed by atoms with Gasteiger partial charge >= 0.3 is 0 Å². The number of benzene rings is 9. The van der Waals surface area contributed by atoms with E-state index in [-0.39, 0.29) is 0 Å². The molecule has 0 amide bonds. The van der Waals surface area contributed by atoms with Crippen LogP contribution in [0.2, 0.25) is 0 Å². The van der Waals surface area contributed by atoms with Gasteiger partial charge in [0.25, 0.3) is 0 Å². The third kappa shape index (κ3) is 5.19. The second kappa shape index (κ2) is 12.6. The van der Waals surface area contributed by atoms with Crippen LogP contribution >= 0.6 is 0 Å². The lowest BCUT2D eigenvalue weighted by atomic mass is 9.89. The van der Waals surface area contributed by atoms with E-state index in [4.69, 9.17) is 19.4 Å². The van der Waals surface area contributed by atoms with Gasteiger partial charge in [-0.1, -0.05) is 170 Å². The van der Waals surface area contributed by atoms with Crippen LogP contribution in [0.25, 0.3) is 111 Å². The predicted molar refractivity (Wildman–Crippen MR) is 227 cm³/mol. The van der Waals surface area contributed by atoms with Gasteiger partial charge in [0.15, 0.2) is 17.5 Å². The number of hydrogen-bond acceptors (Lipinski definition) is 4. The SMILES string of the molecule is c1ccc(-c2nc(-c3ccccc3)nc(-c3ccc(-c4c(-c5ccc6c7ccccc7c7ccccc7c6c5)ccc5c4oc4ccccc45)cc3)n2)cc1. The molecule has 0 N–H and O–H groups in total. The summed E-state index contributed by atoms with van der Waals surface area (Å²) in [7, 11) is 0. The number of nitrogens with zero attached hydrogens (tertiary/aromatic N) is 3. The maximum absolute atomic E-state index is 6.73. The largest absolute Gasteiger partial charge is 0.455 e. The molecule has 9 aromatic carbocycles. The smallest absolute Gasteiger partial charge is 0.164 e. The third-order valence-electron chi connectivity index (χ3n) is 10.7. The number of aromatic nitrogens is 3. The normalized spacial score (nSPS) is 11.6. The van der Waals surface area contributed by atoms with Crippen molar-refractivity contribution < 1.29 is 4.42 Å². The van der Waals surface area contributed by atoms with Crippen molar-refractivity contribution in [3.8, 4) is 56.4 Å². The molecular formula is C51H31N3O. The average molecular weight is 702 g/mol. The maximum Gasteiger partial charge on any atom is 0.164 e. The molecule has 55 heavy (non-hydrogen) atoms. The predicted octanol–water partition coefficient (Wildman–Crippen LogP) is 13.6. The Bertz CT molecular complexity index is 3150. The van der Waals surface area contributed by atoms with Gasteiger partial charge in [-0.3, -0.25) is 0 Å². The Hall–Kier alpha value is -7.43. The van der Waals surface area contributed by atoms with Crippen LogP contribution in [-0.4, -0.2) is 15.0 Å². The number of para-hydroxylation sites is 1. The van der Waals surface area contributed by atoms with Gasteiger partial charge in [-0.2, -0.15) is 0 Å². The van der Waals surface area contributed by atoms with Crippen LogP contribution in [0.4, 0.5) is 0 Å².